The largest absolute Gasteiger partial charge is 0.308 e. The molecule has 20 heavy (non-hydrogen) atoms. The smallest absolute Gasteiger partial charge is 0.162 e. The van der Waals surface area contributed by atoms with Crippen LogP contribution in [0.3, 0.4) is 0 Å². The van der Waals surface area contributed by atoms with E-state index in [4.69, 9.17) is 5.84 Å². The van der Waals surface area contributed by atoms with E-state index in [0.717, 1.165) is 10.6 Å². The maximum absolute atomic E-state index is 5.49. The monoisotopic (exact) mass is 300 g/mol. The number of nitrogen functional groups attached to an aromatic ring is 1. The second-order valence-corrected chi connectivity index (χ2v) is 6.23. The topological polar surface area (TPSA) is 63.8 Å². The summed E-state index contributed by atoms with van der Waals surface area (Å²) in [4.78, 5) is 8.98. The predicted molar refractivity (Wildman–Crippen MR) is 83.7 cm³/mol. The molecule has 1 aromatic carbocycles. The second kappa shape index (κ2) is 6.04. The van der Waals surface area contributed by atoms with Crippen molar-refractivity contribution >= 4 is 28.9 Å². The molecule has 0 spiro atoms. The van der Waals surface area contributed by atoms with E-state index in [9.17, 15) is 0 Å². The van der Waals surface area contributed by atoms with E-state index in [2.05, 4.69) is 21.5 Å². The van der Waals surface area contributed by atoms with Gasteiger partial charge in [-0.1, -0.05) is 48.2 Å². The summed E-state index contributed by atoms with van der Waals surface area (Å²) in [5.74, 6) is 6.77. The molecule has 0 aliphatic carbocycles. The van der Waals surface area contributed by atoms with Crippen LogP contribution in [0.5, 0.6) is 0 Å². The van der Waals surface area contributed by atoms with E-state index < -0.39 is 0 Å². The van der Waals surface area contributed by atoms with Crippen LogP contribution in [0.25, 0.3) is 11.4 Å². The van der Waals surface area contributed by atoms with Crippen molar-refractivity contribution < 1.29 is 0 Å². The molecule has 0 aliphatic heterocycles. The Balaban J connectivity index is 1.99. The summed E-state index contributed by atoms with van der Waals surface area (Å²) in [5.41, 5.74) is 3.57. The van der Waals surface area contributed by atoms with Crippen molar-refractivity contribution in [3.8, 4) is 11.4 Å². The molecule has 0 amide bonds. The zero-order valence-corrected chi connectivity index (χ0v) is 12.1. The molecule has 0 saturated carbocycles. The molecule has 3 aromatic rings. The number of aromatic nitrogens is 2. The number of hydrazine groups is 1. The first-order valence-electron chi connectivity index (χ1n) is 5.97. The van der Waals surface area contributed by atoms with E-state index >= 15 is 0 Å². The van der Waals surface area contributed by atoms with Gasteiger partial charge in [-0.2, -0.15) is 0 Å². The average molecular weight is 300 g/mol. The normalized spacial score (nSPS) is 10.4. The lowest BCUT2D eigenvalue weighted by atomic mass is 10.2. The standard InChI is InChI=1S/C14H12N4S2/c15-18-11-9-12(20-13-7-4-8-19-13)17-14(16-11)10-5-2-1-3-6-10/h1-9H,15H2,(H,16,17,18). The number of hydrogen-bond donors (Lipinski definition) is 2. The fourth-order valence-corrected chi connectivity index (χ4v) is 3.41. The van der Waals surface area contributed by atoms with Crippen LogP contribution in [-0.2, 0) is 0 Å². The third kappa shape index (κ3) is 2.98. The molecular formula is C14H12N4S2. The van der Waals surface area contributed by atoms with Crippen LogP contribution in [0.4, 0.5) is 5.82 Å². The van der Waals surface area contributed by atoms with E-state index in [-0.39, 0.29) is 0 Å². The summed E-state index contributed by atoms with van der Waals surface area (Å²) in [5, 5.41) is 2.92. The molecule has 0 atom stereocenters. The van der Waals surface area contributed by atoms with Crippen molar-refractivity contribution in [3.63, 3.8) is 0 Å². The lowest BCUT2D eigenvalue weighted by Crippen LogP contribution is -2.09. The minimum atomic E-state index is 0.609. The summed E-state index contributed by atoms with van der Waals surface area (Å²) in [7, 11) is 0. The number of anilines is 1. The summed E-state index contributed by atoms with van der Waals surface area (Å²) in [6, 6.07) is 15.8. The minimum absolute atomic E-state index is 0.609. The highest BCUT2D eigenvalue weighted by Crippen LogP contribution is 2.32. The highest BCUT2D eigenvalue weighted by molar-refractivity contribution is 8.01. The summed E-state index contributed by atoms with van der Waals surface area (Å²) in [6.07, 6.45) is 0. The predicted octanol–water partition coefficient (Wildman–Crippen LogP) is 3.64. The van der Waals surface area contributed by atoms with Crippen LogP contribution in [0.2, 0.25) is 0 Å². The quantitative estimate of drug-likeness (QED) is 0.437. The Labute approximate surface area is 125 Å². The minimum Gasteiger partial charge on any atom is -0.308 e. The number of hydrogen-bond acceptors (Lipinski definition) is 6. The van der Waals surface area contributed by atoms with Crippen LogP contribution in [-0.4, -0.2) is 9.97 Å². The molecule has 0 fully saturated rings. The van der Waals surface area contributed by atoms with E-state index in [1.807, 2.05) is 47.8 Å². The van der Waals surface area contributed by atoms with Crippen molar-refractivity contribution in [2.45, 2.75) is 9.24 Å². The second-order valence-electron chi connectivity index (χ2n) is 3.96. The number of nitrogens with zero attached hydrogens (tertiary/aromatic N) is 2. The Morgan fingerprint density at radius 2 is 1.90 bits per heavy atom. The number of nitrogens with two attached hydrogens (primary N) is 1. The van der Waals surface area contributed by atoms with E-state index in [1.165, 1.54) is 4.21 Å². The van der Waals surface area contributed by atoms with Gasteiger partial charge < -0.3 is 5.43 Å². The molecule has 0 unspecified atom stereocenters. The van der Waals surface area contributed by atoms with Crippen LogP contribution < -0.4 is 11.3 Å². The molecule has 0 bridgehead atoms. The zero-order valence-electron chi connectivity index (χ0n) is 10.5. The van der Waals surface area contributed by atoms with Gasteiger partial charge >= 0.3 is 0 Å². The lowest BCUT2D eigenvalue weighted by molar-refractivity contribution is 1.05. The van der Waals surface area contributed by atoms with Gasteiger partial charge in [0.25, 0.3) is 0 Å². The first kappa shape index (κ1) is 13.1. The Bertz CT molecular complexity index is 684. The Kier molecular flexibility index (Phi) is 3.96. The summed E-state index contributed by atoms with van der Waals surface area (Å²) >= 11 is 3.29. The molecule has 0 radical (unpaired) electrons. The molecule has 2 aromatic heterocycles. The van der Waals surface area contributed by atoms with Crippen molar-refractivity contribution in [2.75, 3.05) is 5.43 Å². The lowest BCUT2D eigenvalue weighted by Gasteiger charge is -2.06. The maximum atomic E-state index is 5.49. The first-order chi connectivity index (χ1) is 9.85. The van der Waals surface area contributed by atoms with Crippen LogP contribution in [0.15, 0.2) is 63.1 Å². The van der Waals surface area contributed by atoms with Crippen LogP contribution in [0, 0.1) is 0 Å². The molecule has 0 saturated heterocycles. The van der Waals surface area contributed by atoms with Gasteiger partial charge in [0.2, 0.25) is 0 Å². The number of thiophene rings is 1. The molecule has 4 nitrogen and oxygen atoms in total. The van der Waals surface area contributed by atoms with Gasteiger partial charge in [0, 0.05) is 11.6 Å². The number of rotatable bonds is 4. The van der Waals surface area contributed by atoms with Crippen LogP contribution in [0.1, 0.15) is 0 Å². The third-order valence-electron chi connectivity index (χ3n) is 2.58. The molecule has 0 aliphatic rings. The Morgan fingerprint density at radius 1 is 1.05 bits per heavy atom. The van der Waals surface area contributed by atoms with Gasteiger partial charge in [0.05, 0.1) is 4.21 Å². The highest BCUT2D eigenvalue weighted by Gasteiger charge is 2.08. The fraction of sp³-hybridized carbons (Fsp3) is 0. The summed E-state index contributed by atoms with van der Waals surface area (Å²) in [6.45, 7) is 0. The average Bonchev–Trinajstić information content (AvgIpc) is 3.00. The molecule has 2 heterocycles. The molecule has 3 rings (SSSR count). The Hall–Kier alpha value is -1.89. The van der Waals surface area contributed by atoms with Crippen molar-refractivity contribution in [2.24, 2.45) is 5.84 Å². The van der Waals surface area contributed by atoms with Gasteiger partial charge in [-0.25, -0.2) is 15.8 Å². The van der Waals surface area contributed by atoms with Crippen molar-refractivity contribution in [1.29, 1.82) is 0 Å². The van der Waals surface area contributed by atoms with E-state index in [0.29, 0.717) is 11.6 Å². The maximum Gasteiger partial charge on any atom is 0.162 e. The molecular weight excluding hydrogens is 288 g/mol. The molecule has 6 heteroatoms. The highest BCUT2D eigenvalue weighted by atomic mass is 32.2. The fourth-order valence-electron chi connectivity index (χ4n) is 1.69. The van der Waals surface area contributed by atoms with Crippen molar-refractivity contribution in [3.05, 3.63) is 53.9 Å². The van der Waals surface area contributed by atoms with Gasteiger partial charge in [0.15, 0.2) is 5.82 Å². The summed E-state index contributed by atoms with van der Waals surface area (Å²) < 4.78 is 1.19. The Morgan fingerprint density at radius 3 is 2.60 bits per heavy atom. The molecule has 100 valence electrons. The van der Waals surface area contributed by atoms with E-state index in [1.54, 1.807) is 23.1 Å². The van der Waals surface area contributed by atoms with Crippen molar-refractivity contribution in [1.82, 2.24) is 9.97 Å². The third-order valence-corrected chi connectivity index (χ3v) is 4.54. The zero-order chi connectivity index (χ0) is 13.8. The molecule has 3 N–H and O–H groups in total. The van der Waals surface area contributed by atoms with Gasteiger partial charge in [-0.3, -0.25) is 0 Å². The number of benzene rings is 1. The van der Waals surface area contributed by atoms with Crippen LogP contribution >= 0.6 is 23.1 Å². The van der Waals surface area contributed by atoms with Gasteiger partial charge in [-0.05, 0) is 11.4 Å². The number of nitrogens with one attached hydrogen (secondary N) is 1. The first-order valence-corrected chi connectivity index (χ1v) is 7.67. The SMILES string of the molecule is NNc1cc(Sc2cccs2)nc(-c2ccccc2)n1. The van der Waals surface area contributed by atoms with Gasteiger partial charge in [0.1, 0.15) is 10.8 Å². The van der Waals surface area contributed by atoms with Gasteiger partial charge in [-0.15, -0.1) is 11.3 Å².